The van der Waals surface area contributed by atoms with E-state index in [9.17, 15) is 9.59 Å². The zero-order chi connectivity index (χ0) is 13.4. The maximum atomic E-state index is 12.4. The number of aromatic amines is 1. The number of aryl methyl sites for hydroxylation is 1. The van der Waals surface area contributed by atoms with Crippen molar-refractivity contribution in [3.8, 4) is 5.69 Å². The van der Waals surface area contributed by atoms with Gasteiger partial charge in [-0.1, -0.05) is 24.3 Å². The Hall–Kier alpha value is -2.62. The van der Waals surface area contributed by atoms with Crippen molar-refractivity contribution in [2.24, 2.45) is 0 Å². The summed E-state index contributed by atoms with van der Waals surface area (Å²) in [5.41, 5.74) is 1.41. The molecule has 0 unspecified atom stereocenters. The lowest BCUT2D eigenvalue weighted by Crippen LogP contribution is -2.33. The first-order chi connectivity index (χ1) is 9.16. The van der Waals surface area contributed by atoms with Crippen LogP contribution in [0.2, 0.25) is 0 Å². The van der Waals surface area contributed by atoms with Gasteiger partial charge in [0.25, 0.3) is 5.56 Å². The average molecular weight is 252 g/mol. The summed E-state index contributed by atoms with van der Waals surface area (Å²) in [7, 11) is 0. The van der Waals surface area contributed by atoms with Crippen LogP contribution < -0.4 is 11.2 Å². The Labute approximate surface area is 109 Å². The molecule has 19 heavy (non-hydrogen) atoms. The standard InChI is InChI=1S/C15H12N2O2/c1-10-5-4-6-11(9-10)17-14(18)12-7-2-3-8-13(12)16-15(17)19/h2-9H,1H3,(H,16,19). The van der Waals surface area contributed by atoms with Crippen molar-refractivity contribution in [3.63, 3.8) is 0 Å². The van der Waals surface area contributed by atoms with E-state index in [2.05, 4.69) is 4.98 Å². The monoisotopic (exact) mass is 252 g/mol. The van der Waals surface area contributed by atoms with Gasteiger partial charge in [-0.05, 0) is 36.8 Å². The summed E-state index contributed by atoms with van der Waals surface area (Å²) in [5, 5.41) is 0.503. The van der Waals surface area contributed by atoms with E-state index in [1.807, 2.05) is 25.1 Å². The maximum absolute atomic E-state index is 12.4. The van der Waals surface area contributed by atoms with Gasteiger partial charge in [0.2, 0.25) is 0 Å². The first kappa shape index (κ1) is 11.5. The zero-order valence-corrected chi connectivity index (χ0v) is 10.4. The van der Waals surface area contributed by atoms with Gasteiger partial charge in [-0.2, -0.15) is 0 Å². The van der Waals surface area contributed by atoms with Crippen molar-refractivity contribution in [2.45, 2.75) is 6.92 Å². The third-order valence-electron chi connectivity index (χ3n) is 3.07. The molecule has 3 rings (SSSR count). The predicted molar refractivity (Wildman–Crippen MR) is 74.9 cm³/mol. The number of nitrogens with one attached hydrogen (secondary N) is 1. The van der Waals surface area contributed by atoms with Gasteiger partial charge in [0.05, 0.1) is 16.6 Å². The smallest absolute Gasteiger partial charge is 0.306 e. The van der Waals surface area contributed by atoms with Crippen molar-refractivity contribution in [1.29, 1.82) is 0 Å². The van der Waals surface area contributed by atoms with Gasteiger partial charge in [0, 0.05) is 0 Å². The lowest BCUT2D eigenvalue weighted by atomic mass is 10.2. The molecule has 0 saturated carbocycles. The van der Waals surface area contributed by atoms with Crippen molar-refractivity contribution < 1.29 is 0 Å². The second kappa shape index (κ2) is 4.24. The van der Waals surface area contributed by atoms with Crippen LogP contribution in [-0.4, -0.2) is 9.55 Å². The summed E-state index contributed by atoms with van der Waals surface area (Å²) < 4.78 is 1.16. The molecule has 2 aromatic carbocycles. The highest BCUT2D eigenvalue weighted by Gasteiger charge is 2.08. The molecule has 94 valence electrons. The van der Waals surface area contributed by atoms with Gasteiger partial charge < -0.3 is 4.98 Å². The molecule has 0 aliphatic carbocycles. The molecule has 0 fully saturated rings. The van der Waals surface area contributed by atoms with E-state index in [1.165, 1.54) is 0 Å². The number of fused-ring (bicyclic) bond motifs is 1. The molecule has 4 nitrogen and oxygen atoms in total. The number of hydrogen-bond donors (Lipinski definition) is 1. The van der Waals surface area contributed by atoms with E-state index in [0.29, 0.717) is 16.6 Å². The summed E-state index contributed by atoms with van der Waals surface area (Å²) in [4.78, 5) is 27.2. The summed E-state index contributed by atoms with van der Waals surface area (Å²) in [6, 6.07) is 14.3. The quantitative estimate of drug-likeness (QED) is 0.720. The molecule has 0 bridgehead atoms. The number of H-pyrrole nitrogens is 1. The largest absolute Gasteiger partial charge is 0.333 e. The van der Waals surface area contributed by atoms with E-state index >= 15 is 0 Å². The fourth-order valence-electron chi connectivity index (χ4n) is 2.16. The van der Waals surface area contributed by atoms with E-state index in [4.69, 9.17) is 0 Å². The first-order valence-electron chi connectivity index (χ1n) is 5.98. The number of aromatic nitrogens is 2. The average Bonchev–Trinajstić information content (AvgIpc) is 2.39. The third-order valence-corrected chi connectivity index (χ3v) is 3.07. The molecular formula is C15H12N2O2. The summed E-state index contributed by atoms with van der Waals surface area (Å²) in [6.07, 6.45) is 0. The van der Waals surface area contributed by atoms with Crippen LogP contribution in [0.5, 0.6) is 0 Å². The molecule has 1 N–H and O–H groups in total. The second-order valence-electron chi connectivity index (χ2n) is 4.46. The number of rotatable bonds is 1. The molecule has 1 heterocycles. The summed E-state index contributed by atoms with van der Waals surface area (Å²) in [5.74, 6) is 0. The Morgan fingerprint density at radius 3 is 2.58 bits per heavy atom. The number of benzene rings is 2. The molecule has 4 heteroatoms. The van der Waals surface area contributed by atoms with Crippen LogP contribution in [0.15, 0.2) is 58.1 Å². The van der Waals surface area contributed by atoms with Crippen LogP contribution >= 0.6 is 0 Å². The van der Waals surface area contributed by atoms with Crippen molar-refractivity contribution in [2.75, 3.05) is 0 Å². The second-order valence-corrected chi connectivity index (χ2v) is 4.46. The Morgan fingerprint density at radius 2 is 1.79 bits per heavy atom. The SMILES string of the molecule is Cc1cccc(-n2c(=O)[nH]c3ccccc3c2=O)c1. The van der Waals surface area contributed by atoms with Crippen LogP contribution in [-0.2, 0) is 0 Å². The fourth-order valence-corrected chi connectivity index (χ4v) is 2.16. The number of nitrogens with zero attached hydrogens (tertiary/aromatic N) is 1. The van der Waals surface area contributed by atoms with Crippen LogP contribution in [0.25, 0.3) is 16.6 Å². The van der Waals surface area contributed by atoms with Crippen LogP contribution in [0.1, 0.15) is 5.56 Å². The maximum Gasteiger partial charge on any atom is 0.333 e. The molecule has 1 aromatic heterocycles. The van der Waals surface area contributed by atoms with Gasteiger partial charge >= 0.3 is 5.69 Å². The Balaban J connectivity index is 2.42. The van der Waals surface area contributed by atoms with Crippen LogP contribution in [0, 0.1) is 6.92 Å². The van der Waals surface area contributed by atoms with Crippen molar-refractivity contribution in [3.05, 3.63) is 74.9 Å². The topological polar surface area (TPSA) is 54.9 Å². The van der Waals surface area contributed by atoms with Gasteiger partial charge in [0.1, 0.15) is 0 Å². The van der Waals surface area contributed by atoms with Gasteiger partial charge in [-0.15, -0.1) is 0 Å². The zero-order valence-electron chi connectivity index (χ0n) is 10.4. The number of para-hydroxylation sites is 1. The van der Waals surface area contributed by atoms with Crippen LogP contribution in [0.4, 0.5) is 0 Å². The lowest BCUT2D eigenvalue weighted by molar-refractivity contribution is 0.900. The Bertz CT molecular complexity index is 875. The van der Waals surface area contributed by atoms with Gasteiger partial charge in [-0.3, -0.25) is 4.79 Å². The summed E-state index contributed by atoms with van der Waals surface area (Å²) in [6.45, 7) is 1.92. The molecule has 0 radical (unpaired) electrons. The normalized spacial score (nSPS) is 10.8. The highest BCUT2D eigenvalue weighted by Crippen LogP contribution is 2.08. The van der Waals surface area contributed by atoms with E-state index < -0.39 is 5.69 Å². The van der Waals surface area contributed by atoms with Gasteiger partial charge in [0.15, 0.2) is 0 Å². The number of hydrogen-bond acceptors (Lipinski definition) is 2. The summed E-state index contributed by atoms with van der Waals surface area (Å²) >= 11 is 0. The highest BCUT2D eigenvalue weighted by molar-refractivity contribution is 5.77. The first-order valence-corrected chi connectivity index (χ1v) is 5.98. The Kier molecular flexibility index (Phi) is 2.56. The minimum Gasteiger partial charge on any atom is -0.306 e. The fraction of sp³-hybridized carbons (Fsp3) is 0.0667. The molecule has 0 aliphatic rings. The van der Waals surface area contributed by atoms with Crippen LogP contribution in [0.3, 0.4) is 0 Å². The van der Waals surface area contributed by atoms with E-state index in [0.717, 1.165) is 10.1 Å². The molecule has 0 saturated heterocycles. The molecule has 0 spiro atoms. The van der Waals surface area contributed by atoms with Crippen molar-refractivity contribution in [1.82, 2.24) is 9.55 Å². The molecule has 3 aromatic rings. The minimum atomic E-state index is -0.422. The lowest BCUT2D eigenvalue weighted by Gasteiger charge is -2.06. The van der Waals surface area contributed by atoms with Gasteiger partial charge in [-0.25, -0.2) is 9.36 Å². The highest BCUT2D eigenvalue weighted by atomic mass is 16.2. The minimum absolute atomic E-state index is 0.301. The third kappa shape index (κ3) is 1.87. The molecular weight excluding hydrogens is 240 g/mol. The molecule has 0 amide bonds. The predicted octanol–water partition coefficient (Wildman–Crippen LogP) is 1.99. The van der Waals surface area contributed by atoms with Crippen molar-refractivity contribution >= 4 is 10.9 Å². The van der Waals surface area contributed by atoms with E-state index in [1.54, 1.807) is 30.3 Å². The Morgan fingerprint density at radius 1 is 1.00 bits per heavy atom. The molecule has 0 atom stereocenters. The molecule has 0 aliphatic heterocycles. The van der Waals surface area contributed by atoms with E-state index in [-0.39, 0.29) is 5.56 Å².